The van der Waals surface area contributed by atoms with E-state index in [0.717, 1.165) is 11.5 Å². The quantitative estimate of drug-likeness (QED) is 0.727. The standard InChI is InChI=1S/C9H15N3/c1-6(2)8-5-7(3)11-12-9(8)10-4/h5-6H,1-4H3,(H,10,12). The van der Waals surface area contributed by atoms with Crippen molar-refractivity contribution >= 4 is 5.82 Å². The molecule has 1 heterocycles. The monoisotopic (exact) mass is 165 g/mol. The Hall–Kier alpha value is -1.12. The minimum absolute atomic E-state index is 0.488. The molecule has 0 atom stereocenters. The van der Waals surface area contributed by atoms with Crippen molar-refractivity contribution in [3.63, 3.8) is 0 Å². The lowest BCUT2D eigenvalue weighted by Crippen LogP contribution is -2.03. The highest BCUT2D eigenvalue weighted by molar-refractivity contribution is 5.44. The number of nitrogens with zero attached hydrogens (tertiary/aromatic N) is 2. The molecule has 3 nitrogen and oxygen atoms in total. The van der Waals surface area contributed by atoms with Crippen LogP contribution in [0.3, 0.4) is 0 Å². The first-order chi connectivity index (χ1) is 5.65. The van der Waals surface area contributed by atoms with Crippen LogP contribution >= 0.6 is 0 Å². The van der Waals surface area contributed by atoms with E-state index in [4.69, 9.17) is 0 Å². The van der Waals surface area contributed by atoms with Crippen LogP contribution in [0.2, 0.25) is 0 Å². The average molecular weight is 165 g/mol. The van der Waals surface area contributed by atoms with Gasteiger partial charge >= 0.3 is 0 Å². The van der Waals surface area contributed by atoms with Crippen LogP contribution in [0.4, 0.5) is 5.82 Å². The Morgan fingerprint density at radius 2 is 2.00 bits per heavy atom. The summed E-state index contributed by atoms with van der Waals surface area (Å²) >= 11 is 0. The maximum absolute atomic E-state index is 4.06. The molecular weight excluding hydrogens is 150 g/mol. The second-order valence-corrected chi connectivity index (χ2v) is 3.19. The fourth-order valence-corrected chi connectivity index (χ4v) is 1.14. The lowest BCUT2D eigenvalue weighted by Gasteiger charge is -2.10. The molecule has 0 radical (unpaired) electrons. The molecular formula is C9H15N3. The second kappa shape index (κ2) is 3.52. The summed E-state index contributed by atoms with van der Waals surface area (Å²) in [5.74, 6) is 1.37. The third kappa shape index (κ3) is 1.72. The van der Waals surface area contributed by atoms with E-state index in [2.05, 4.69) is 35.4 Å². The lowest BCUT2D eigenvalue weighted by molar-refractivity contribution is 0.835. The van der Waals surface area contributed by atoms with Crippen LogP contribution in [0.5, 0.6) is 0 Å². The SMILES string of the molecule is CNc1nnc(C)cc1C(C)C. The molecule has 0 aromatic carbocycles. The summed E-state index contributed by atoms with van der Waals surface area (Å²) in [5.41, 5.74) is 2.20. The minimum atomic E-state index is 0.488. The highest BCUT2D eigenvalue weighted by Crippen LogP contribution is 2.20. The molecule has 0 aliphatic rings. The van der Waals surface area contributed by atoms with E-state index >= 15 is 0 Å². The van der Waals surface area contributed by atoms with Crippen LogP contribution in [0, 0.1) is 6.92 Å². The first-order valence-corrected chi connectivity index (χ1v) is 4.17. The van der Waals surface area contributed by atoms with E-state index in [-0.39, 0.29) is 0 Å². The van der Waals surface area contributed by atoms with Crippen LogP contribution in [-0.2, 0) is 0 Å². The average Bonchev–Trinajstić information content (AvgIpc) is 2.04. The molecule has 0 aliphatic heterocycles. The van der Waals surface area contributed by atoms with E-state index in [9.17, 15) is 0 Å². The zero-order valence-electron chi connectivity index (χ0n) is 8.05. The number of hydrogen-bond donors (Lipinski definition) is 1. The summed E-state index contributed by atoms with van der Waals surface area (Å²) in [4.78, 5) is 0. The van der Waals surface area contributed by atoms with Gasteiger partial charge in [0.05, 0.1) is 5.69 Å². The topological polar surface area (TPSA) is 37.8 Å². The molecule has 0 fully saturated rings. The Morgan fingerprint density at radius 3 is 2.50 bits per heavy atom. The number of hydrogen-bond acceptors (Lipinski definition) is 3. The molecule has 1 rings (SSSR count). The fourth-order valence-electron chi connectivity index (χ4n) is 1.14. The van der Waals surface area contributed by atoms with Gasteiger partial charge in [0, 0.05) is 12.6 Å². The summed E-state index contributed by atoms with van der Waals surface area (Å²) in [7, 11) is 1.87. The van der Waals surface area contributed by atoms with E-state index in [1.54, 1.807) is 0 Å². The van der Waals surface area contributed by atoms with Crippen molar-refractivity contribution in [1.29, 1.82) is 0 Å². The normalized spacial score (nSPS) is 10.4. The van der Waals surface area contributed by atoms with Gasteiger partial charge in [-0.15, -0.1) is 5.10 Å². The van der Waals surface area contributed by atoms with E-state index in [0.29, 0.717) is 5.92 Å². The number of aromatic nitrogens is 2. The molecule has 0 bridgehead atoms. The molecule has 0 saturated carbocycles. The van der Waals surface area contributed by atoms with Gasteiger partial charge in [-0.2, -0.15) is 5.10 Å². The first kappa shape index (κ1) is 8.97. The van der Waals surface area contributed by atoms with Crippen molar-refractivity contribution in [2.24, 2.45) is 0 Å². The van der Waals surface area contributed by atoms with Crippen molar-refractivity contribution < 1.29 is 0 Å². The van der Waals surface area contributed by atoms with Gasteiger partial charge in [-0.25, -0.2) is 0 Å². The van der Waals surface area contributed by atoms with Gasteiger partial charge in [0.25, 0.3) is 0 Å². The zero-order valence-corrected chi connectivity index (χ0v) is 8.05. The minimum Gasteiger partial charge on any atom is -0.371 e. The van der Waals surface area contributed by atoms with Crippen molar-refractivity contribution in [1.82, 2.24) is 10.2 Å². The predicted molar refractivity (Wildman–Crippen MR) is 50.4 cm³/mol. The maximum Gasteiger partial charge on any atom is 0.151 e. The molecule has 0 aliphatic carbocycles. The maximum atomic E-state index is 4.06. The van der Waals surface area contributed by atoms with Gasteiger partial charge in [-0.1, -0.05) is 13.8 Å². The molecule has 3 heteroatoms. The Kier molecular flexibility index (Phi) is 2.63. The highest BCUT2D eigenvalue weighted by atomic mass is 15.2. The molecule has 0 amide bonds. The van der Waals surface area contributed by atoms with Crippen molar-refractivity contribution in [2.75, 3.05) is 12.4 Å². The third-order valence-corrected chi connectivity index (χ3v) is 1.80. The third-order valence-electron chi connectivity index (χ3n) is 1.80. The molecule has 12 heavy (non-hydrogen) atoms. The van der Waals surface area contributed by atoms with E-state index < -0.39 is 0 Å². The number of nitrogens with one attached hydrogen (secondary N) is 1. The Morgan fingerprint density at radius 1 is 1.33 bits per heavy atom. The van der Waals surface area contributed by atoms with Gasteiger partial charge in [0.15, 0.2) is 5.82 Å². The number of rotatable bonds is 2. The molecule has 0 spiro atoms. The van der Waals surface area contributed by atoms with Crippen LogP contribution in [0.1, 0.15) is 31.0 Å². The van der Waals surface area contributed by atoms with Gasteiger partial charge in [-0.3, -0.25) is 0 Å². The van der Waals surface area contributed by atoms with Crippen molar-refractivity contribution in [2.45, 2.75) is 26.7 Å². The lowest BCUT2D eigenvalue weighted by atomic mass is 10.0. The van der Waals surface area contributed by atoms with Crippen LogP contribution in [-0.4, -0.2) is 17.2 Å². The van der Waals surface area contributed by atoms with Gasteiger partial charge < -0.3 is 5.32 Å². The summed E-state index contributed by atoms with van der Waals surface area (Å²) in [6.45, 7) is 6.26. The fraction of sp³-hybridized carbons (Fsp3) is 0.556. The molecule has 0 saturated heterocycles. The summed E-state index contributed by atoms with van der Waals surface area (Å²) in [6, 6.07) is 2.07. The van der Waals surface area contributed by atoms with E-state index in [1.165, 1.54) is 5.56 Å². The Bertz CT molecular complexity index is 268. The van der Waals surface area contributed by atoms with E-state index in [1.807, 2.05) is 14.0 Å². The Balaban J connectivity index is 3.12. The second-order valence-electron chi connectivity index (χ2n) is 3.19. The highest BCUT2D eigenvalue weighted by Gasteiger charge is 2.06. The smallest absolute Gasteiger partial charge is 0.151 e. The summed E-state index contributed by atoms with van der Waals surface area (Å²) < 4.78 is 0. The van der Waals surface area contributed by atoms with Gasteiger partial charge in [0.1, 0.15) is 0 Å². The van der Waals surface area contributed by atoms with Crippen LogP contribution < -0.4 is 5.32 Å². The molecule has 1 aromatic rings. The molecule has 66 valence electrons. The number of aryl methyl sites for hydroxylation is 1. The van der Waals surface area contributed by atoms with Crippen LogP contribution in [0.25, 0.3) is 0 Å². The Labute approximate surface area is 73.2 Å². The van der Waals surface area contributed by atoms with Gasteiger partial charge in [-0.05, 0) is 18.9 Å². The van der Waals surface area contributed by atoms with Crippen molar-refractivity contribution in [3.8, 4) is 0 Å². The number of anilines is 1. The largest absolute Gasteiger partial charge is 0.371 e. The predicted octanol–water partition coefficient (Wildman–Crippen LogP) is 1.95. The molecule has 1 aromatic heterocycles. The zero-order chi connectivity index (χ0) is 9.14. The summed E-state index contributed by atoms with van der Waals surface area (Å²) in [6.07, 6.45) is 0. The first-order valence-electron chi connectivity index (χ1n) is 4.17. The molecule has 0 unspecified atom stereocenters. The van der Waals surface area contributed by atoms with Crippen LogP contribution in [0.15, 0.2) is 6.07 Å². The van der Waals surface area contributed by atoms with Gasteiger partial charge in [0.2, 0.25) is 0 Å². The summed E-state index contributed by atoms with van der Waals surface area (Å²) in [5, 5.41) is 11.1. The molecule has 1 N–H and O–H groups in total. The van der Waals surface area contributed by atoms with Crippen molar-refractivity contribution in [3.05, 3.63) is 17.3 Å².